The number of rotatable bonds is 3. The van der Waals surface area contributed by atoms with Crippen LogP contribution < -0.4 is 15.8 Å². The number of nitrogens with zero attached hydrogens (tertiary/aromatic N) is 1. The molecule has 0 spiro atoms. The second kappa shape index (κ2) is 5.34. The van der Waals surface area contributed by atoms with Crippen molar-refractivity contribution < 1.29 is 9.53 Å². The summed E-state index contributed by atoms with van der Waals surface area (Å²) < 4.78 is 6.23. The molecule has 0 aliphatic carbocycles. The van der Waals surface area contributed by atoms with Gasteiger partial charge >= 0.3 is 0 Å². The van der Waals surface area contributed by atoms with Crippen molar-refractivity contribution in [2.75, 3.05) is 18.2 Å². The number of carbonyl (C=O) groups excluding carboxylic acids is 1. The van der Waals surface area contributed by atoms with Gasteiger partial charge in [0.2, 0.25) is 0 Å². The summed E-state index contributed by atoms with van der Waals surface area (Å²) >= 11 is 2.74. The number of methoxy groups -OCH3 is 1. The van der Waals surface area contributed by atoms with Crippen molar-refractivity contribution in [3.8, 4) is 5.75 Å². The summed E-state index contributed by atoms with van der Waals surface area (Å²) in [6.45, 7) is 1.88. The second-order valence-electron chi connectivity index (χ2n) is 4.43. The van der Waals surface area contributed by atoms with E-state index in [0.29, 0.717) is 21.4 Å². The number of thiazole rings is 1. The summed E-state index contributed by atoms with van der Waals surface area (Å²) in [4.78, 5) is 17.1. The molecule has 0 bridgehead atoms. The van der Waals surface area contributed by atoms with E-state index >= 15 is 0 Å². The summed E-state index contributed by atoms with van der Waals surface area (Å²) in [5.41, 5.74) is 7.45. The van der Waals surface area contributed by atoms with Crippen LogP contribution in [0.1, 0.15) is 15.4 Å². The number of thiophene rings is 1. The molecule has 0 radical (unpaired) electrons. The first-order chi connectivity index (χ1) is 10.1. The van der Waals surface area contributed by atoms with Crippen LogP contribution in [-0.4, -0.2) is 18.0 Å². The molecule has 0 fully saturated rings. The maximum Gasteiger partial charge on any atom is 0.269 e. The Balaban J connectivity index is 2.00. The second-order valence-corrected chi connectivity index (χ2v) is 6.34. The quantitative estimate of drug-likeness (QED) is 0.774. The molecule has 0 aliphatic heterocycles. The van der Waals surface area contributed by atoms with Gasteiger partial charge in [0, 0.05) is 10.1 Å². The fourth-order valence-corrected chi connectivity index (χ4v) is 3.76. The number of hydrogen-bond donors (Lipinski definition) is 2. The van der Waals surface area contributed by atoms with Crippen LogP contribution in [0.15, 0.2) is 23.6 Å². The molecule has 5 nitrogen and oxygen atoms in total. The lowest BCUT2D eigenvalue weighted by Gasteiger charge is -2.03. The van der Waals surface area contributed by atoms with E-state index in [-0.39, 0.29) is 5.91 Å². The molecule has 1 amide bonds. The van der Waals surface area contributed by atoms with Gasteiger partial charge in [-0.15, -0.1) is 22.7 Å². The Kier molecular flexibility index (Phi) is 3.52. The van der Waals surface area contributed by atoms with E-state index in [1.165, 1.54) is 22.7 Å². The standard InChI is InChI=1S/C14H13N3O2S2/c1-7-6-20-14(16-7)17-13(18)12-11(15)10-8(19-2)4-3-5-9(10)21-12/h3-6H,15H2,1-2H3,(H,16,17,18). The Morgan fingerprint density at radius 2 is 2.24 bits per heavy atom. The molecule has 2 aromatic heterocycles. The Morgan fingerprint density at radius 1 is 1.43 bits per heavy atom. The Hall–Kier alpha value is -2.12. The SMILES string of the molecule is COc1cccc2sc(C(=O)Nc3nc(C)cs3)c(N)c12. The largest absolute Gasteiger partial charge is 0.496 e. The predicted octanol–water partition coefficient (Wildman–Crippen LogP) is 3.51. The van der Waals surface area contributed by atoms with Gasteiger partial charge in [-0.25, -0.2) is 4.98 Å². The maximum atomic E-state index is 12.4. The van der Waals surface area contributed by atoms with Crippen LogP contribution in [0.5, 0.6) is 5.75 Å². The molecule has 0 unspecified atom stereocenters. The molecule has 0 aliphatic rings. The van der Waals surface area contributed by atoms with Gasteiger partial charge < -0.3 is 10.5 Å². The van der Waals surface area contributed by atoms with Crippen LogP contribution >= 0.6 is 22.7 Å². The number of fused-ring (bicyclic) bond motifs is 1. The van der Waals surface area contributed by atoms with Crippen LogP contribution in [0, 0.1) is 6.92 Å². The lowest BCUT2D eigenvalue weighted by Crippen LogP contribution is -2.11. The zero-order valence-electron chi connectivity index (χ0n) is 11.5. The maximum absolute atomic E-state index is 12.4. The topological polar surface area (TPSA) is 77.2 Å². The van der Waals surface area contributed by atoms with Crippen molar-refractivity contribution in [3.05, 3.63) is 34.2 Å². The number of nitrogens with one attached hydrogen (secondary N) is 1. The minimum Gasteiger partial charge on any atom is -0.496 e. The summed E-state index contributed by atoms with van der Waals surface area (Å²) in [5, 5.41) is 6.01. The first kappa shape index (κ1) is 13.8. The van der Waals surface area contributed by atoms with Crippen LogP contribution in [0.4, 0.5) is 10.8 Å². The molecule has 0 saturated carbocycles. The monoisotopic (exact) mass is 319 g/mol. The number of ether oxygens (including phenoxy) is 1. The average Bonchev–Trinajstić information content (AvgIpc) is 3.03. The van der Waals surface area contributed by atoms with Gasteiger partial charge in [0.25, 0.3) is 5.91 Å². The lowest BCUT2D eigenvalue weighted by molar-refractivity contribution is 0.103. The van der Waals surface area contributed by atoms with E-state index in [1.54, 1.807) is 7.11 Å². The van der Waals surface area contributed by atoms with E-state index in [4.69, 9.17) is 10.5 Å². The molecule has 3 N–H and O–H groups in total. The summed E-state index contributed by atoms with van der Waals surface area (Å²) in [6, 6.07) is 5.63. The molecule has 1 aromatic carbocycles. The number of amides is 1. The number of aromatic nitrogens is 1. The molecule has 108 valence electrons. The average molecular weight is 319 g/mol. The van der Waals surface area contributed by atoms with Gasteiger partial charge in [-0.1, -0.05) is 6.07 Å². The number of carbonyl (C=O) groups is 1. The fraction of sp³-hybridized carbons (Fsp3) is 0.143. The third kappa shape index (κ3) is 2.45. The third-order valence-electron chi connectivity index (χ3n) is 2.98. The number of aryl methyl sites for hydroxylation is 1. The molecule has 3 rings (SSSR count). The molecule has 21 heavy (non-hydrogen) atoms. The van der Waals surface area contributed by atoms with Gasteiger partial charge in [0.1, 0.15) is 10.6 Å². The highest BCUT2D eigenvalue weighted by atomic mass is 32.1. The van der Waals surface area contributed by atoms with Crippen molar-refractivity contribution in [1.82, 2.24) is 4.98 Å². The molecule has 2 heterocycles. The number of nitrogen functional groups attached to an aromatic ring is 1. The van der Waals surface area contributed by atoms with Crippen molar-refractivity contribution >= 4 is 49.5 Å². The number of anilines is 2. The predicted molar refractivity (Wildman–Crippen MR) is 87.6 cm³/mol. The minimum absolute atomic E-state index is 0.245. The Labute approximate surface area is 129 Å². The fourth-order valence-electron chi connectivity index (χ4n) is 2.04. The van der Waals surface area contributed by atoms with Gasteiger partial charge in [-0.05, 0) is 19.1 Å². The molecular formula is C14H13N3O2S2. The van der Waals surface area contributed by atoms with Crippen LogP contribution in [0.3, 0.4) is 0 Å². The molecule has 0 saturated heterocycles. The van der Waals surface area contributed by atoms with E-state index in [2.05, 4.69) is 10.3 Å². The van der Waals surface area contributed by atoms with Gasteiger partial charge in [-0.3, -0.25) is 10.1 Å². The highest BCUT2D eigenvalue weighted by Crippen LogP contribution is 2.39. The van der Waals surface area contributed by atoms with Gasteiger partial charge in [0.05, 0.1) is 23.9 Å². The molecule has 0 atom stereocenters. The zero-order valence-corrected chi connectivity index (χ0v) is 13.1. The first-order valence-corrected chi connectivity index (χ1v) is 7.88. The minimum atomic E-state index is -0.245. The number of benzene rings is 1. The third-order valence-corrected chi connectivity index (χ3v) is 5.02. The Morgan fingerprint density at radius 3 is 2.90 bits per heavy atom. The highest BCUT2D eigenvalue weighted by molar-refractivity contribution is 7.22. The van der Waals surface area contributed by atoms with Crippen LogP contribution in [0.25, 0.3) is 10.1 Å². The lowest BCUT2D eigenvalue weighted by atomic mass is 10.2. The van der Waals surface area contributed by atoms with E-state index in [0.717, 1.165) is 15.8 Å². The number of hydrogen-bond acceptors (Lipinski definition) is 6. The summed E-state index contributed by atoms with van der Waals surface area (Å²) in [5.74, 6) is 0.426. The normalized spacial score (nSPS) is 10.8. The van der Waals surface area contributed by atoms with E-state index in [1.807, 2.05) is 30.5 Å². The Bertz CT molecular complexity index is 823. The van der Waals surface area contributed by atoms with Gasteiger partial charge in [0.15, 0.2) is 5.13 Å². The van der Waals surface area contributed by atoms with Crippen molar-refractivity contribution in [1.29, 1.82) is 0 Å². The van der Waals surface area contributed by atoms with Gasteiger partial charge in [-0.2, -0.15) is 0 Å². The first-order valence-electron chi connectivity index (χ1n) is 6.18. The zero-order chi connectivity index (χ0) is 15.0. The highest BCUT2D eigenvalue weighted by Gasteiger charge is 2.19. The number of nitrogens with two attached hydrogens (primary N) is 1. The van der Waals surface area contributed by atoms with E-state index < -0.39 is 0 Å². The van der Waals surface area contributed by atoms with Crippen LogP contribution in [0.2, 0.25) is 0 Å². The molecule has 3 aromatic rings. The van der Waals surface area contributed by atoms with Crippen LogP contribution in [-0.2, 0) is 0 Å². The smallest absolute Gasteiger partial charge is 0.269 e. The van der Waals surface area contributed by atoms with E-state index in [9.17, 15) is 4.79 Å². The van der Waals surface area contributed by atoms with Crippen molar-refractivity contribution in [2.45, 2.75) is 6.92 Å². The summed E-state index contributed by atoms with van der Waals surface area (Å²) in [6.07, 6.45) is 0. The molecule has 7 heteroatoms. The van der Waals surface area contributed by atoms with Crippen molar-refractivity contribution in [2.24, 2.45) is 0 Å². The summed E-state index contributed by atoms with van der Waals surface area (Å²) in [7, 11) is 1.59. The van der Waals surface area contributed by atoms with Crippen molar-refractivity contribution in [3.63, 3.8) is 0 Å². The molecular weight excluding hydrogens is 306 g/mol.